The zero-order chi connectivity index (χ0) is 28.7. The van der Waals surface area contributed by atoms with Crippen molar-refractivity contribution >= 4 is 55.8 Å². The molecule has 3 heterocycles. The number of nitriles is 2. The molecule has 1 atom stereocenters. The summed E-state index contributed by atoms with van der Waals surface area (Å²) in [5, 5.41) is 23.7. The molecule has 3 aromatic heterocycles. The van der Waals surface area contributed by atoms with Gasteiger partial charge in [-0.25, -0.2) is 0 Å². The van der Waals surface area contributed by atoms with Crippen molar-refractivity contribution in [1.82, 2.24) is 9.13 Å². The minimum Gasteiger partial charge on any atom is -0.456 e. The highest BCUT2D eigenvalue weighted by molar-refractivity contribution is 6.10. The molecule has 4 aromatic carbocycles. The minimum absolute atomic E-state index is 0.139. The van der Waals surface area contributed by atoms with Crippen molar-refractivity contribution < 1.29 is 4.42 Å². The first-order valence-corrected chi connectivity index (χ1v) is 14.6. The Hall–Kier alpha value is -5.78. The Bertz CT molecular complexity index is 2470. The number of aromatic nitrogens is 2. The number of benzene rings is 4. The van der Waals surface area contributed by atoms with Gasteiger partial charge in [-0.1, -0.05) is 42.5 Å². The van der Waals surface area contributed by atoms with E-state index in [0.29, 0.717) is 5.56 Å². The molecule has 2 aliphatic carbocycles. The van der Waals surface area contributed by atoms with Crippen LogP contribution in [0.5, 0.6) is 0 Å². The standard InChI is InChI=1S/C38H24N4O/c39-21-23-9-13-35-29(17-23)27-5-1-3-7-33(27)41(35)25-11-15-37-31(19-25)32-20-26(12-16-38(32)43-37)42-34-8-4-2-6-28(34)30-18-24(22-40)10-14-36(30)42/h1-9,11-13,15-19,26H,10,14,20H2. The maximum Gasteiger partial charge on any atom is 0.135 e. The summed E-state index contributed by atoms with van der Waals surface area (Å²) in [7, 11) is 0. The van der Waals surface area contributed by atoms with E-state index >= 15 is 0 Å². The largest absolute Gasteiger partial charge is 0.456 e. The molecule has 5 heteroatoms. The lowest BCUT2D eigenvalue weighted by molar-refractivity contribution is 0.556. The Kier molecular flexibility index (Phi) is 4.92. The minimum atomic E-state index is 0.139. The average molecular weight is 553 g/mol. The van der Waals surface area contributed by atoms with Crippen LogP contribution in [0.25, 0.3) is 61.5 Å². The molecule has 0 saturated carbocycles. The summed E-state index contributed by atoms with van der Waals surface area (Å²) in [5.41, 5.74) is 10.5. The molecule has 2 aliphatic rings. The van der Waals surface area contributed by atoms with E-state index in [9.17, 15) is 10.5 Å². The molecular formula is C38H24N4O. The number of nitrogens with zero attached hydrogens (tertiary/aromatic N) is 4. The maximum atomic E-state index is 9.60. The highest BCUT2D eigenvalue weighted by Gasteiger charge is 2.28. The van der Waals surface area contributed by atoms with Crippen LogP contribution in [0, 0.1) is 22.7 Å². The molecule has 202 valence electrons. The van der Waals surface area contributed by atoms with Crippen molar-refractivity contribution in [3.8, 4) is 17.8 Å². The summed E-state index contributed by atoms with van der Waals surface area (Å²) in [6.07, 6.45) is 8.93. The van der Waals surface area contributed by atoms with E-state index in [-0.39, 0.29) is 6.04 Å². The average Bonchev–Trinajstić information content (AvgIpc) is 3.71. The van der Waals surface area contributed by atoms with E-state index in [4.69, 9.17) is 4.42 Å². The topological polar surface area (TPSA) is 70.6 Å². The maximum absolute atomic E-state index is 9.60. The highest BCUT2D eigenvalue weighted by atomic mass is 16.3. The van der Waals surface area contributed by atoms with Crippen LogP contribution in [0.4, 0.5) is 0 Å². The van der Waals surface area contributed by atoms with Crippen LogP contribution in [0.2, 0.25) is 0 Å². The third-order valence-corrected chi connectivity index (χ3v) is 9.23. The van der Waals surface area contributed by atoms with Gasteiger partial charge < -0.3 is 13.6 Å². The van der Waals surface area contributed by atoms with Gasteiger partial charge in [0.2, 0.25) is 0 Å². The number of rotatable bonds is 2. The van der Waals surface area contributed by atoms with Crippen LogP contribution in [-0.2, 0) is 12.8 Å². The SMILES string of the molecule is N#CC1=Cc2c(n(C3C=Cc4oc5ccc(-n6c7ccccc7c7cc(C#N)ccc76)cc5c4C3)c3ccccc23)CC1. The van der Waals surface area contributed by atoms with Crippen molar-refractivity contribution in [2.24, 2.45) is 0 Å². The number of fused-ring (bicyclic) bond motifs is 9. The van der Waals surface area contributed by atoms with Gasteiger partial charge in [0.25, 0.3) is 0 Å². The first-order valence-electron chi connectivity index (χ1n) is 14.6. The number of allylic oxidation sites excluding steroid dienone is 2. The lowest BCUT2D eigenvalue weighted by atomic mass is 9.94. The van der Waals surface area contributed by atoms with E-state index in [1.54, 1.807) is 0 Å². The van der Waals surface area contributed by atoms with Gasteiger partial charge >= 0.3 is 0 Å². The smallest absolute Gasteiger partial charge is 0.135 e. The Morgan fingerprint density at radius 3 is 2.42 bits per heavy atom. The first-order chi connectivity index (χ1) is 21.2. The zero-order valence-corrected chi connectivity index (χ0v) is 23.2. The van der Waals surface area contributed by atoms with Crippen molar-refractivity contribution in [2.75, 3.05) is 0 Å². The van der Waals surface area contributed by atoms with Gasteiger partial charge in [0.05, 0.1) is 34.8 Å². The van der Waals surface area contributed by atoms with E-state index in [0.717, 1.165) is 69.1 Å². The molecule has 5 nitrogen and oxygen atoms in total. The van der Waals surface area contributed by atoms with Crippen LogP contribution < -0.4 is 0 Å². The predicted molar refractivity (Wildman–Crippen MR) is 171 cm³/mol. The Morgan fingerprint density at radius 2 is 1.56 bits per heavy atom. The van der Waals surface area contributed by atoms with Crippen molar-refractivity contribution in [3.05, 3.63) is 125 Å². The molecule has 0 aliphatic heterocycles. The number of hydrogen-bond acceptors (Lipinski definition) is 3. The van der Waals surface area contributed by atoms with Crippen molar-refractivity contribution in [2.45, 2.75) is 25.3 Å². The molecule has 9 rings (SSSR count). The highest BCUT2D eigenvalue weighted by Crippen LogP contribution is 2.41. The summed E-state index contributed by atoms with van der Waals surface area (Å²) in [6, 6.07) is 34.1. The van der Waals surface area contributed by atoms with Gasteiger partial charge in [0.15, 0.2) is 0 Å². The lowest BCUT2D eigenvalue weighted by Gasteiger charge is -2.24. The second kappa shape index (κ2) is 8.86. The summed E-state index contributed by atoms with van der Waals surface area (Å²) in [5.74, 6) is 0.918. The van der Waals surface area contributed by atoms with Crippen LogP contribution in [0.1, 0.15) is 40.6 Å². The quantitative estimate of drug-likeness (QED) is 0.215. The molecule has 7 aromatic rings. The molecule has 0 fully saturated rings. The van der Waals surface area contributed by atoms with Gasteiger partial charge in [-0.2, -0.15) is 10.5 Å². The number of para-hydroxylation sites is 2. The van der Waals surface area contributed by atoms with E-state index < -0.39 is 0 Å². The van der Waals surface area contributed by atoms with Gasteiger partial charge in [-0.3, -0.25) is 0 Å². The molecule has 0 amide bonds. The van der Waals surface area contributed by atoms with Crippen LogP contribution in [0.15, 0.2) is 101 Å². The van der Waals surface area contributed by atoms with E-state index in [1.807, 2.05) is 24.3 Å². The van der Waals surface area contributed by atoms with Gasteiger partial charge in [0, 0.05) is 61.6 Å². The molecule has 0 N–H and O–H groups in total. The van der Waals surface area contributed by atoms with E-state index in [2.05, 4.69) is 100 Å². The molecule has 0 bridgehead atoms. The molecule has 0 saturated heterocycles. The van der Waals surface area contributed by atoms with Gasteiger partial charge in [-0.15, -0.1) is 0 Å². The van der Waals surface area contributed by atoms with Gasteiger partial charge in [-0.05, 0) is 73.5 Å². The summed E-state index contributed by atoms with van der Waals surface area (Å²) in [6.45, 7) is 0. The molecule has 1 unspecified atom stereocenters. The third-order valence-electron chi connectivity index (χ3n) is 9.23. The van der Waals surface area contributed by atoms with Crippen molar-refractivity contribution in [1.29, 1.82) is 10.5 Å². The van der Waals surface area contributed by atoms with Crippen LogP contribution >= 0.6 is 0 Å². The summed E-state index contributed by atoms with van der Waals surface area (Å²) in [4.78, 5) is 0. The van der Waals surface area contributed by atoms with E-state index in [1.165, 1.54) is 27.7 Å². The fourth-order valence-corrected chi connectivity index (χ4v) is 7.34. The first kappa shape index (κ1) is 23.9. The molecule has 0 spiro atoms. The Balaban J connectivity index is 1.21. The molecule has 43 heavy (non-hydrogen) atoms. The predicted octanol–water partition coefficient (Wildman–Crippen LogP) is 9.02. The van der Waals surface area contributed by atoms with Crippen LogP contribution in [-0.4, -0.2) is 9.13 Å². The fraction of sp³-hybridized carbons (Fsp3) is 0.105. The normalized spacial score (nSPS) is 15.9. The summed E-state index contributed by atoms with van der Waals surface area (Å²) < 4.78 is 11.1. The molecular weight excluding hydrogens is 528 g/mol. The Labute approximate surface area is 247 Å². The Morgan fingerprint density at radius 1 is 0.744 bits per heavy atom. The number of furan rings is 1. The van der Waals surface area contributed by atoms with Crippen LogP contribution in [0.3, 0.4) is 0 Å². The van der Waals surface area contributed by atoms with Crippen molar-refractivity contribution in [3.63, 3.8) is 0 Å². The summed E-state index contributed by atoms with van der Waals surface area (Å²) >= 11 is 0. The fourth-order valence-electron chi connectivity index (χ4n) is 7.34. The number of hydrogen-bond donors (Lipinski definition) is 0. The second-order valence-corrected chi connectivity index (χ2v) is 11.5. The zero-order valence-electron chi connectivity index (χ0n) is 23.2. The second-order valence-electron chi connectivity index (χ2n) is 11.5. The monoisotopic (exact) mass is 552 g/mol. The third kappa shape index (κ3) is 3.37. The van der Waals surface area contributed by atoms with Gasteiger partial charge in [0.1, 0.15) is 11.3 Å². The lowest BCUT2D eigenvalue weighted by Crippen LogP contribution is -2.16. The molecule has 0 radical (unpaired) electrons.